The first-order chi connectivity index (χ1) is 15.8. The average Bonchev–Trinajstić information content (AvgIpc) is 2.75. The van der Waals surface area contributed by atoms with E-state index in [0.29, 0.717) is 12.8 Å². The Balaban J connectivity index is 4.04. The third kappa shape index (κ3) is 22.9. The van der Waals surface area contributed by atoms with Crippen LogP contribution in [0.5, 0.6) is 0 Å². The fourth-order valence-corrected chi connectivity index (χ4v) is 4.98. The topological polar surface area (TPSA) is 104 Å². The molecule has 0 bridgehead atoms. The minimum absolute atomic E-state index is 0.252. The van der Waals surface area contributed by atoms with Crippen molar-refractivity contribution in [1.82, 2.24) is 5.32 Å². The maximum atomic E-state index is 12.3. The molecule has 0 saturated carbocycles. The predicted molar refractivity (Wildman–Crippen MR) is 138 cm³/mol. The van der Waals surface area contributed by atoms with Crippen molar-refractivity contribution in [2.24, 2.45) is 0 Å². The Kier molecular flexibility index (Phi) is 21.4. The molecule has 1 amide bonds. The van der Waals surface area contributed by atoms with Crippen LogP contribution in [-0.4, -0.2) is 41.9 Å². The molecule has 0 aliphatic rings. The Morgan fingerprint density at radius 3 is 1.52 bits per heavy atom. The molecule has 0 aromatic rings. The molecule has 0 fully saturated rings. The van der Waals surface area contributed by atoms with Crippen molar-refractivity contribution in [3.8, 4) is 0 Å². The predicted octanol–water partition coefficient (Wildman–Crippen LogP) is 6.56. The smallest absolute Gasteiger partial charge is 0.266 e. The summed E-state index contributed by atoms with van der Waals surface area (Å²) in [4.78, 5) is 12.3. The van der Waals surface area contributed by atoms with Gasteiger partial charge in [-0.05, 0) is 12.8 Å². The summed E-state index contributed by atoms with van der Waals surface area (Å²) >= 11 is 0. The van der Waals surface area contributed by atoms with Crippen LogP contribution in [0.25, 0.3) is 0 Å². The zero-order valence-corrected chi connectivity index (χ0v) is 22.3. The summed E-state index contributed by atoms with van der Waals surface area (Å²) in [7, 11) is -4.28. The first-order valence-corrected chi connectivity index (χ1v) is 15.3. The van der Waals surface area contributed by atoms with Gasteiger partial charge in [0, 0.05) is 6.42 Å². The lowest BCUT2D eigenvalue weighted by molar-refractivity contribution is -0.122. The lowest BCUT2D eigenvalue weighted by Crippen LogP contribution is -2.47. The van der Waals surface area contributed by atoms with Gasteiger partial charge in [-0.25, -0.2) is 0 Å². The summed E-state index contributed by atoms with van der Waals surface area (Å²) in [5.41, 5.74) is 0. The van der Waals surface area contributed by atoms with Gasteiger partial charge < -0.3 is 10.4 Å². The normalized spacial score (nSPS) is 13.7. The zero-order valence-electron chi connectivity index (χ0n) is 21.5. The van der Waals surface area contributed by atoms with Crippen molar-refractivity contribution < 1.29 is 22.9 Å². The minimum atomic E-state index is -4.28. The summed E-state index contributed by atoms with van der Waals surface area (Å²) in [5, 5.41) is 13.1. The molecule has 2 atom stereocenters. The SMILES string of the molecule is CCCCCCCCCCCCCC(=O)NC(CS(=O)(=O)O)C(O)CCCCCCCCC. The van der Waals surface area contributed by atoms with Gasteiger partial charge in [-0.1, -0.05) is 123 Å². The highest BCUT2D eigenvalue weighted by Crippen LogP contribution is 2.14. The van der Waals surface area contributed by atoms with Crippen LogP contribution < -0.4 is 5.32 Å². The van der Waals surface area contributed by atoms with Gasteiger partial charge in [0.15, 0.2) is 0 Å². The fraction of sp³-hybridized carbons (Fsp3) is 0.962. The molecule has 2 unspecified atom stereocenters. The second kappa shape index (κ2) is 21.8. The number of nitrogens with one attached hydrogen (secondary N) is 1. The third-order valence-corrected chi connectivity index (χ3v) is 7.09. The van der Waals surface area contributed by atoms with Gasteiger partial charge in [0.2, 0.25) is 5.91 Å². The van der Waals surface area contributed by atoms with Crippen molar-refractivity contribution in [2.75, 3.05) is 5.75 Å². The highest BCUT2D eigenvalue weighted by atomic mass is 32.2. The molecule has 0 aliphatic carbocycles. The highest BCUT2D eigenvalue weighted by molar-refractivity contribution is 7.85. The van der Waals surface area contributed by atoms with E-state index in [9.17, 15) is 22.9 Å². The van der Waals surface area contributed by atoms with Gasteiger partial charge in [0.25, 0.3) is 10.1 Å². The third-order valence-electron chi connectivity index (χ3n) is 6.31. The molecule has 0 saturated heterocycles. The van der Waals surface area contributed by atoms with Gasteiger partial charge in [-0.15, -0.1) is 0 Å². The summed E-state index contributed by atoms with van der Waals surface area (Å²) in [6.45, 7) is 4.41. The van der Waals surface area contributed by atoms with Crippen molar-refractivity contribution in [2.45, 2.75) is 154 Å². The number of aliphatic hydroxyl groups excluding tert-OH is 1. The Morgan fingerprint density at radius 1 is 0.697 bits per heavy atom. The molecular weight excluding hydrogens is 438 g/mol. The molecule has 0 aliphatic heterocycles. The van der Waals surface area contributed by atoms with E-state index < -0.39 is 28.0 Å². The molecule has 0 aromatic carbocycles. The first kappa shape index (κ1) is 32.3. The Labute approximate surface area is 204 Å². The van der Waals surface area contributed by atoms with Crippen LogP contribution in [0.1, 0.15) is 142 Å². The molecule has 7 heteroatoms. The summed E-state index contributed by atoms with van der Waals surface area (Å²) in [6.07, 6.45) is 20.7. The monoisotopic (exact) mass is 491 g/mol. The maximum absolute atomic E-state index is 12.3. The van der Waals surface area contributed by atoms with E-state index >= 15 is 0 Å². The zero-order chi connectivity index (χ0) is 24.8. The van der Waals surface area contributed by atoms with Crippen molar-refractivity contribution in [3.05, 3.63) is 0 Å². The number of carbonyl (C=O) groups excluding carboxylic acids is 1. The molecule has 0 radical (unpaired) electrons. The number of unbranched alkanes of at least 4 members (excludes halogenated alkanes) is 16. The van der Waals surface area contributed by atoms with E-state index in [-0.39, 0.29) is 5.91 Å². The maximum Gasteiger partial charge on any atom is 0.266 e. The molecule has 0 spiro atoms. The molecule has 0 aromatic heterocycles. The van der Waals surface area contributed by atoms with Gasteiger partial charge >= 0.3 is 0 Å². The average molecular weight is 492 g/mol. The number of carbonyl (C=O) groups is 1. The summed E-state index contributed by atoms with van der Waals surface area (Å²) in [6, 6.07) is -0.958. The Morgan fingerprint density at radius 2 is 1.09 bits per heavy atom. The molecular formula is C26H53NO5S. The van der Waals surface area contributed by atoms with Crippen molar-refractivity contribution in [1.29, 1.82) is 0 Å². The van der Waals surface area contributed by atoms with Crippen molar-refractivity contribution >= 4 is 16.0 Å². The molecule has 3 N–H and O–H groups in total. The van der Waals surface area contributed by atoms with E-state index in [1.54, 1.807) is 0 Å². The van der Waals surface area contributed by atoms with Gasteiger partial charge in [0.05, 0.1) is 17.9 Å². The lowest BCUT2D eigenvalue weighted by Gasteiger charge is -2.23. The second-order valence-electron chi connectivity index (χ2n) is 9.69. The lowest BCUT2D eigenvalue weighted by atomic mass is 10.0. The minimum Gasteiger partial charge on any atom is -0.391 e. The quantitative estimate of drug-likeness (QED) is 0.105. The van der Waals surface area contributed by atoms with Crippen LogP contribution in [0, 0.1) is 0 Å². The van der Waals surface area contributed by atoms with Crippen LogP contribution in [-0.2, 0) is 14.9 Å². The molecule has 198 valence electrons. The Hall–Kier alpha value is -0.660. The second-order valence-corrected chi connectivity index (χ2v) is 11.2. The number of amides is 1. The molecule has 0 heterocycles. The fourth-order valence-electron chi connectivity index (χ4n) is 4.22. The van der Waals surface area contributed by atoms with E-state index in [1.807, 2.05) is 0 Å². The molecule has 6 nitrogen and oxygen atoms in total. The first-order valence-electron chi connectivity index (χ1n) is 13.7. The van der Waals surface area contributed by atoms with E-state index in [2.05, 4.69) is 19.2 Å². The number of rotatable bonds is 24. The van der Waals surface area contributed by atoms with Gasteiger partial charge in [-0.3, -0.25) is 9.35 Å². The van der Waals surface area contributed by atoms with Crippen molar-refractivity contribution in [3.63, 3.8) is 0 Å². The van der Waals surface area contributed by atoms with Crippen LogP contribution in [0.4, 0.5) is 0 Å². The standard InChI is InChI=1S/C26H53NO5S/c1-3-5-7-9-11-12-13-14-16-18-20-22-26(29)27-24(23-33(30,31)32)25(28)21-19-17-15-10-8-6-4-2/h24-25,28H,3-23H2,1-2H3,(H,27,29)(H,30,31,32). The highest BCUT2D eigenvalue weighted by Gasteiger charge is 2.25. The van der Waals surface area contributed by atoms with E-state index in [4.69, 9.17) is 0 Å². The van der Waals surface area contributed by atoms with E-state index in [1.165, 1.54) is 77.0 Å². The van der Waals surface area contributed by atoms with Crippen LogP contribution >= 0.6 is 0 Å². The van der Waals surface area contributed by atoms with Crippen LogP contribution in [0.15, 0.2) is 0 Å². The molecule has 0 rings (SSSR count). The largest absolute Gasteiger partial charge is 0.391 e. The summed E-state index contributed by atoms with van der Waals surface area (Å²) in [5.74, 6) is -0.896. The van der Waals surface area contributed by atoms with Crippen LogP contribution in [0.2, 0.25) is 0 Å². The Bertz CT molecular complexity index is 553. The number of aliphatic hydroxyl groups is 1. The summed E-state index contributed by atoms with van der Waals surface area (Å²) < 4.78 is 31.9. The van der Waals surface area contributed by atoms with Gasteiger partial charge in [-0.2, -0.15) is 8.42 Å². The van der Waals surface area contributed by atoms with Crippen LogP contribution in [0.3, 0.4) is 0 Å². The number of hydrogen-bond donors (Lipinski definition) is 3. The number of hydrogen-bond acceptors (Lipinski definition) is 4. The molecule has 33 heavy (non-hydrogen) atoms. The van der Waals surface area contributed by atoms with Gasteiger partial charge in [0.1, 0.15) is 0 Å². The van der Waals surface area contributed by atoms with E-state index in [0.717, 1.165) is 38.5 Å².